The number of anilines is 1. The molecule has 1 N–H and O–H groups in total. The first-order valence-electron chi connectivity index (χ1n) is 9.95. The third kappa shape index (κ3) is 3.96. The Labute approximate surface area is 169 Å². The van der Waals surface area contributed by atoms with Crippen molar-refractivity contribution >= 4 is 17.5 Å². The van der Waals surface area contributed by atoms with Gasteiger partial charge in [0.15, 0.2) is 0 Å². The average Bonchev–Trinajstić information content (AvgIpc) is 2.70. The molecule has 2 atom stereocenters. The van der Waals surface area contributed by atoms with Gasteiger partial charge in [-0.05, 0) is 50.7 Å². The predicted octanol–water partition coefficient (Wildman–Crippen LogP) is 1.61. The molecule has 0 aliphatic carbocycles. The van der Waals surface area contributed by atoms with E-state index in [0.29, 0.717) is 30.9 Å². The Morgan fingerprint density at radius 1 is 1.07 bits per heavy atom. The molecule has 4 rings (SSSR count). The van der Waals surface area contributed by atoms with Crippen molar-refractivity contribution in [3.8, 4) is 0 Å². The summed E-state index contributed by atoms with van der Waals surface area (Å²) in [6.45, 7) is 2.05. The molecule has 7 nitrogen and oxygen atoms in total. The summed E-state index contributed by atoms with van der Waals surface area (Å²) < 4.78 is 1.79. The molecule has 2 amide bonds. The molecule has 2 aliphatic rings. The summed E-state index contributed by atoms with van der Waals surface area (Å²) >= 11 is 0. The van der Waals surface area contributed by atoms with Crippen LogP contribution in [0.1, 0.15) is 28.4 Å². The average molecular weight is 394 g/mol. The number of aromatic nitrogens is 1. The van der Waals surface area contributed by atoms with Gasteiger partial charge in [-0.25, -0.2) is 0 Å². The number of likely N-dealkylation sites (tertiary alicyclic amines) is 1. The van der Waals surface area contributed by atoms with Crippen LogP contribution < -0.4 is 10.9 Å². The lowest BCUT2D eigenvalue weighted by Gasteiger charge is -2.43. The molecular weight excluding hydrogens is 368 g/mol. The molecule has 2 bridgehead atoms. The minimum absolute atomic E-state index is 0.0451. The Morgan fingerprint density at radius 3 is 2.55 bits per heavy atom. The number of rotatable bonds is 4. The van der Waals surface area contributed by atoms with Gasteiger partial charge in [-0.1, -0.05) is 18.2 Å². The van der Waals surface area contributed by atoms with Crippen molar-refractivity contribution in [2.75, 3.05) is 39.0 Å². The number of likely N-dealkylation sites (N-methyl/N-ethyl adjacent to an activating group) is 1. The maximum absolute atomic E-state index is 13.0. The lowest BCUT2D eigenvalue weighted by molar-refractivity contribution is -0.116. The van der Waals surface area contributed by atoms with Crippen LogP contribution in [0.5, 0.6) is 0 Å². The Hall–Kier alpha value is -2.93. The second-order valence-electron chi connectivity index (χ2n) is 8.25. The molecular formula is C22H26N4O3. The molecule has 29 heavy (non-hydrogen) atoms. The van der Waals surface area contributed by atoms with E-state index in [9.17, 15) is 14.4 Å². The molecule has 1 aromatic heterocycles. The highest BCUT2D eigenvalue weighted by Gasteiger charge is 2.36. The minimum Gasteiger partial charge on any atom is -0.338 e. The molecule has 2 aromatic rings. The van der Waals surface area contributed by atoms with E-state index in [-0.39, 0.29) is 35.8 Å². The van der Waals surface area contributed by atoms with Gasteiger partial charge in [0.2, 0.25) is 5.91 Å². The number of nitrogens with one attached hydrogen (secondary N) is 1. The van der Waals surface area contributed by atoms with Gasteiger partial charge in [0, 0.05) is 36.8 Å². The first-order chi connectivity index (χ1) is 13.9. The zero-order valence-corrected chi connectivity index (χ0v) is 16.8. The third-order valence-electron chi connectivity index (χ3n) is 5.65. The number of piperidine rings is 1. The number of benzene rings is 1. The van der Waals surface area contributed by atoms with Crippen LogP contribution in [-0.4, -0.2) is 59.9 Å². The summed E-state index contributed by atoms with van der Waals surface area (Å²) in [6.07, 6.45) is 0.977. The third-order valence-corrected chi connectivity index (χ3v) is 5.65. The minimum atomic E-state index is -0.205. The van der Waals surface area contributed by atoms with Crippen molar-refractivity contribution in [2.24, 2.45) is 5.92 Å². The van der Waals surface area contributed by atoms with Crippen LogP contribution >= 0.6 is 0 Å². The summed E-state index contributed by atoms with van der Waals surface area (Å²) in [5.74, 6) is 0.209. The van der Waals surface area contributed by atoms with E-state index < -0.39 is 0 Å². The van der Waals surface area contributed by atoms with Crippen molar-refractivity contribution in [1.29, 1.82) is 0 Å². The van der Waals surface area contributed by atoms with E-state index in [1.807, 2.05) is 55.4 Å². The molecule has 2 unspecified atom stereocenters. The zero-order chi connectivity index (χ0) is 20.5. The molecule has 3 heterocycles. The van der Waals surface area contributed by atoms with Gasteiger partial charge in [0.05, 0.1) is 6.54 Å². The van der Waals surface area contributed by atoms with Gasteiger partial charge in [-0.2, -0.15) is 0 Å². The number of nitrogens with zero attached hydrogens (tertiary/aromatic N) is 3. The topological polar surface area (TPSA) is 74.7 Å². The number of hydrogen-bond donors (Lipinski definition) is 1. The molecule has 1 fully saturated rings. The number of amides is 2. The molecule has 0 saturated carbocycles. The van der Waals surface area contributed by atoms with Crippen molar-refractivity contribution in [3.05, 3.63) is 64.1 Å². The van der Waals surface area contributed by atoms with Crippen LogP contribution in [0.25, 0.3) is 0 Å². The maximum Gasteiger partial charge on any atom is 0.274 e. The van der Waals surface area contributed by atoms with E-state index in [1.165, 1.54) is 0 Å². The summed E-state index contributed by atoms with van der Waals surface area (Å²) in [5, 5.41) is 2.73. The van der Waals surface area contributed by atoms with Gasteiger partial charge in [-0.3, -0.25) is 14.4 Å². The van der Waals surface area contributed by atoms with Crippen molar-refractivity contribution in [2.45, 2.75) is 18.9 Å². The SMILES string of the molecule is CN(C)CC(=O)Nc1ccc2n(c1=O)CC1CC2CN(C(=O)c2ccccc2)C1. The predicted molar refractivity (Wildman–Crippen MR) is 111 cm³/mol. The monoisotopic (exact) mass is 394 g/mol. The molecule has 0 radical (unpaired) electrons. The standard InChI is InChI=1S/C22H26N4O3/c1-24(2)14-20(27)23-18-8-9-19-17-10-15(12-26(19)22(18)29)11-25(13-17)21(28)16-6-4-3-5-7-16/h3-9,15,17H,10-14H2,1-2H3,(H,23,27). The fourth-order valence-electron chi connectivity index (χ4n) is 4.45. The van der Waals surface area contributed by atoms with E-state index in [4.69, 9.17) is 0 Å². The van der Waals surface area contributed by atoms with Gasteiger partial charge in [-0.15, -0.1) is 0 Å². The van der Waals surface area contributed by atoms with E-state index in [0.717, 1.165) is 12.1 Å². The van der Waals surface area contributed by atoms with Crippen LogP contribution in [0.3, 0.4) is 0 Å². The Bertz CT molecular complexity index is 983. The number of carbonyl (C=O) groups is 2. The number of carbonyl (C=O) groups excluding carboxylic acids is 2. The summed E-state index contributed by atoms with van der Waals surface area (Å²) in [6, 6.07) is 12.9. The highest BCUT2D eigenvalue weighted by molar-refractivity contribution is 5.94. The van der Waals surface area contributed by atoms with Crippen LogP contribution in [-0.2, 0) is 11.3 Å². The van der Waals surface area contributed by atoms with E-state index >= 15 is 0 Å². The molecule has 1 saturated heterocycles. The maximum atomic E-state index is 13.0. The highest BCUT2D eigenvalue weighted by Crippen LogP contribution is 2.35. The largest absolute Gasteiger partial charge is 0.338 e. The fraction of sp³-hybridized carbons (Fsp3) is 0.409. The summed E-state index contributed by atoms with van der Waals surface area (Å²) in [7, 11) is 3.62. The molecule has 0 spiro atoms. The quantitative estimate of drug-likeness (QED) is 0.855. The Kier molecular flexibility index (Phi) is 5.24. The first kappa shape index (κ1) is 19.4. The first-order valence-corrected chi connectivity index (χ1v) is 9.95. The molecule has 152 valence electrons. The van der Waals surface area contributed by atoms with E-state index in [2.05, 4.69) is 5.32 Å². The lowest BCUT2D eigenvalue weighted by atomic mass is 9.83. The van der Waals surface area contributed by atoms with Gasteiger partial charge in [0.1, 0.15) is 5.69 Å². The number of pyridine rings is 1. The van der Waals surface area contributed by atoms with Crippen molar-refractivity contribution in [3.63, 3.8) is 0 Å². The van der Waals surface area contributed by atoms with E-state index in [1.54, 1.807) is 15.5 Å². The van der Waals surface area contributed by atoms with Crippen molar-refractivity contribution < 1.29 is 9.59 Å². The number of fused-ring (bicyclic) bond motifs is 4. The zero-order valence-electron chi connectivity index (χ0n) is 16.8. The highest BCUT2D eigenvalue weighted by atomic mass is 16.2. The summed E-state index contributed by atoms with van der Waals surface area (Å²) in [4.78, 5) is 41.6. The number of hydrogen-bond acceptors (Lipinski definition) is 4. The smallest absolute Gasteiger partial charge is 0.274 e. The molecule has 7 heteroatoms. The Morgan fingerprint density at radius 2 is 1.83 bits per heavy atom. The summed E-state index contributed by atoms with van der Waals surface area (Å²) in [5.41, 5.74) is 1.80. The van der Waals surface area contributed by atoms with Crippen LogP contribution in [0.4, 0.5) is 5.69 Å². The van der Waals surface area contributed by atoms with Crippen LogP contribution in [0.15, 0.2) is 47.3 Å². The van der Waals surface area contributed by atoms with Crippen LogP contribution in [0.2, 0.25) is 0 Å². The van der Waals surface area contributed by atoms with Gasteiger partial charge < -0.3 is 19.7 Å². The molecule has 2 aliphatic heterocycles. The second-order valence-corrected chi connectivity index (χ2v) is 8.25. The van der Waals surface area contributed by atoms with Crippen LogP contribution in [0, 0.1) is 5.92 Å². The second kappa shape index (κ2) is 7.83. The van der Waals surface area contributed by atoms with Gasteiger partial charge >= 0.3 is 0 Å². The van der Waals surface area contributed by atoms with Crippen molar-refractivity contribution in [1.82, 2.24) is 14.4 Å². The lowest BCUT2D eigenvalue weighted by Crippen LogP contribution is -2.49. The fourth-order valence-corrected chi connectivity index (χ4v) is 4.45. The van der Waals surface area contributed by atoms with Gasteiger partial charge in [0.25, 0.3) is 11.5 Å². The normalized spacial score (nSPS) is 20.3. The Balaban J connectivity index is 1.55. The molecule has 1 aromatic carbocycles.